The lowest BCUT2D eigenvalue weighted by atomic mass is 9.93. The fraction of sp³-hybridized carbons (Fsp3) is 0.417. The van der Waals surface area contributed by atoms with Crippen LogP contribution in [0.4, 0.5) is 0 Å². The molecule has 94 valence electrons. The summed E-state index contributed by atoms with van der Waals surface area (Å²) in [6.45, 7) is 1.80. The van der Waals surface area contributed by atoms with Crippen LogP contribution in [0, 0.1) is 5.92 Å². The molecule has 0 aliphatic rings. The Bertz CT molecular complexity index is 407. The molecule has 0 bridgehead atoms. The summed E-state index contributed by atoms with van der Waals surface area (Å²) in [5.74, 6) is -1.08. The summed E-state index contributed by atoms with van der Waals surface area (Å²) in [5, 5.41) is 10.9. The van der Waals surface area contributed by atoms with E-state index in [1.54, 1.807) is 19.1 Å². The summed E-state index contributed by atoms with van der Waals surface area (Å²) in [6, 6.07) is 4.77. The molecule has 1 aromatic rings. The molecule has 0 amide bonds. The van der Waals surface area contributed by atoms with Gasteiger partial charge in [-0.05, 0) is 18.6 Å². The van der Waals surface area contributed by atoms with Crippen molar-refractivity contribution >= 4 is 29.2 Å². The van der Waals surface area contributed by atoms with E-state index in [9.17, 15) is 9.90 Å². The Morgan fingerprint density at radius 3 is 2.59 bits per heavy atom. The molecule has 0 heterocycles. The molecule has 2 atom stereocenters. The van der Waals surface area contributed by atoms with Crippen molar-refractivity contribution in [3.8, 4) is 0 Å². The molecule has 1 aromatic carbocycles. The minimum atomic E-state index is -0.989. The molecule has 5 heteroatoms. The largest absolute Gasteiger partial charge is 0.469 e. The van der Waals surface area contributed by atoms with Crippen molar-refractivity contribution in [2.45, 2.75) is 19.4 Å². The molecule has 0 fully saturated rings. The monoisotopic (exact) mass is 276 g/mol. The molecule has 0 saturated carbocycles. The van der Waals surface area contributed by atoms with Crippen molar-refractivity contribution in [1.29, 1.82) is 0 Å². The molecule has 0 aliphatic heterocycles. The number of esters is 1. The van der Waals surface area contributed by atoms with Gasteiger partial charge in [0.25, 0.3) is 0 Å². The topological polar surface area (TPSA) is 46.5 Å². The van der Waals surface area contributed by atoms with Gasteiger partial charge in [-0.2, -0.15) is 0 Å². The first-order chi connectivity index (χ1) is 8.01. The Kier molecular flexibility index (Phi) is 5.25. The van der Waals surface area contributed by atoms with Crippen molar-refractivity contribution in [3.63, 3.8) is 0 Å². The third kappa shape index (κ3) is 3.35. The normalized spacial score (nSPS) is 14.2. The van der Waals surface area contributed by atoms with Crippen LogP contribution in [-0.4, -0.2) is 18.2 Å². The highest BCUT2D eigenvalue weighted by Gasteiger charge is 2.28. The number of carbonyl (C=O) groups is 1. The predicted molar refractivity (Wildman–Crippen MR) is 67.2 cm³/mol. The Morgan fingerprint density at radius 1 is 1.47 bits per heavy atom. The van der Waals surface area contributed by atoms with Gasteiger partial charge in [0.2, 0.25) is 0 Å². The molecule has 0 spiro atoms. The van der Waals surface area contributed by atoms with Gasteiger partial charge < -0.3 is 9.84 Å². The van der Waals surface area contributed by atoms with Gasteiger partial charge in [-0.1, -0.05) is 36.2 Å². The van der Waals surface area contributed by atoms with Gasteiger partial charge in [0.1, 0.15) is 0 Å². The second-order valence-corrected chi connectivity index (χ2v) is 4.49. The highest BCUT2D eigenvalue weighted by atomic mass is 35.5. The average molecular weight is 277 g/mol. The fourth-order valence-corrected chi connectivity index (χ4v) is 2.15. The summed E-state index contributed by atoms with van der Waals surface area (Å²) in [7, 11) is 1.29. The lowest BCUT2D eigenvalue weighted by Gasteiger charge is -2.20. The summed E-state index contributed by atoms with van der Waals surface area (Å²) < 4.78 is 4.64. The van der Waals surface area contributed by atoms with E-state index in [4.69, 9.17) is 23.2 Å². The number of hydrogen-bond donors (Lipinski definition) is 1. The number of aliphatic hydroxyl groups excluding tert-OH is 1. The maximum absolute atomic E-state index is 11.5. The molecule has 3 nitrogen and oxygen atoms in total. The molecular formula is C12H14Cl2O3. The fourth-order valence-electron chi connectivity index (χ4n) is 1.63. The van der Waals surface area contributed by atoms with E-state index in [2.05, 4.69) is 4.74 Å². The quantitative estimate of drug-likeness (QED) is 0.859. The van der Waals surface area contributed by atoms with Crippen LogP contribution in [-0.2, 0) is 9.53 Å². The van der Waals surface area contributed by atoms with E-state index in [1.165, 1.54) is 13.2 Å². The minimum Gasteiger partial charge on any atom is -0.469 e. The van der Waals surface area contributed by atoms with E-state index < -0.39 is 18.0 Å². The first-order valence-corrected chi connectivity index (χ1v) is 5.97. The number of aliphatic hydroxyl groups is 1. The molecule has 0 saturated heterocycles. The van der Waals surface area contributed by atoms with Gasteiger partial charge in [-0.3, -0.25) is 4.79 Å². The van der Waals surface area contributed by atoms with Crippen LogP contribution in [0.1, 0.15) is 25.0 Å². The number of carbonyl (C=O) groups excluding carboxylic acids is 1. The maximum atomic E-state index is 11.5. The van der Waals surface area contributed by atoms with Crippen LogP contribution in [0.25, 0.3) is 0 Å². The summed E-state index contributed by atoms with van der Waals surface area (Å²) in [4.78, 5) is 11.5. The molecule has 1 rings (SSSR count). The van der Waals surface area contributed by atoms with Gasteiger partial charge in [0.05, 0.1) is 19.1 Å². The molecule has 0 aliphatic carbocycles. The summed E-state index contributed by atoms with van der Waals surface area (Å²) >= 11 is 11.7. The highest BCUT2D eigenvalue weighted by Crippen LogP contribution is 2.32. The number of ether oxygens (including phenoxy) is 1. The van der Waals surface area contributed by atoms with Gasteiger partial charge >= 0.3 is 5.97 Å². The lowest BCUT2D eigenvalue weighted by molar-refractivity contribution is -0.149. The van der Waals surface area contributed by atoms with Gasteiger partial charge in [-0.15, -0.1) is 0 Å². The molecular weight excluding hydrogens is 263 g/mol. The molecule has 2 unspecified atom stereocenters. The van der Waals surface area contributed by atoms with Crippen LogP contribution in [0.15, 0.2) is 18.2 Å². The average Bonchev–Trinajstić information content (AvgIpc) is 2.29. The number of rotatable bonds is 4. The zero-order chi connectivity index (χ0) is 13.0. The number of benzene rings is 1. The number of methoxy groups -OCH3 is 1. The van der Waals surface area contributed by atoms with E-state index in [1.807, 2.05) is 0 Å². The number of hydrogen-bond acceptors (Lipinski definition) is 3. The van der Waals surface area contributed by atoms with E-state index in [-0.39, 0.29) is 0 Å². The zero-order valence-electron chi connectivity index (χ0n) is 9.61. The van der Waals surface area contributed by atoms with Crippen LogP contribution < -0.4 is 0 Å². The van der Waals surface area contributed by atoms with Gasteiger partial charge in [0.15, 0.2) is 0 Å². The first kappa shape index (κ1) is 14.3. The van der Waals surface area contributed by atoms with Gasteiger partial charge in [-0.25, -0.2) is 0 Å². The van der Waals surface area contributed by atoms with E-state index in [0.717, 1.165) is 0 Å². The Morgan fingerprint density at radius 2 is 2.12 bits per heavy atom. The zero-order valence-corrected chi connectivity index (χ0v) is 11.1. The first-order valence-electron chi connectivity index (χ1n) is 5.22. The van der Waals surface area contributed by atoms with Crippen molar-refractivity contribution in [1.82, 2.24) is 0 Å². The third-order valence-electron chi connectivity index (χ3n) is 2.61. The molecule has 17 heavy (non-hydrogen) atoms. The lowest BCUT2D eigenvalue weighted by Crippen LogP contribution is -2.23. The van der Waals surface area contributed by atoms with Crippen LogP contribution in [0.5, 0.6) is 0 Å². The second-order valence-electron chi connectivity index (χ2n) is 3.65. The SMILES string of the molecule is CCC(C(=O)OC)C(O)c1ccc(Cl)cc1Cl. The Hall–Kier alpha value is -0.770. The smallest absolute Gasteiger partial charge is 0.311 e. The van der Waals surface area contributed by atoms with Crippen molar-refractivity contribution in [3.05, 3.63) is 33.8 Å². The summed E-state index contributed by atoms with van der Waals surface area (Å²) in [6.07, 6.45) is -0.524. The van der Waals surface area contributed by atoms with Crippen molar-refractivity contribution < 1.29 is 14.6 Å². The van der Waals surface area contributed by atoms with E-state index in [0.29, 0.717) is 22.0 Å². The predicted octanol–water partition coefficient (Wildman–Crippen LogP) is 3.23. The second kappa shape index (κ2) is 6.24. The standard InChI is InChI=1S/C12H14Cl2O3/c1-3-8(12(16)17-2)11(15)9-5-4-7(13)6-10(9)14/h4-6,8,11,15H,3H2,1-2H3. The minimum absolute atomic E-state index is 0.340. The Balaban J connectivity index is 3.01. The molecule has 1 N–H and O–H groups in total. The maximum Gasteiger partial charge on any atom is 0.311 e. The van der Waals surface area contributed by atoms with Crippen molar-refractivity contribution in [2.24, 2.45) is 5.92 Å². The van der Waals surface area contributed by atoms with Crippen LogP contribution >= 0.6 is 23.2 Å². The Labute approximate surface area is 110 Å². The summed E-state index contributed by atoms with van der Waals surface area (Å²) in [5.41, 5.74) is 0.480. The van der Waals surface area contributed by atoms with Gasteiger partial charge in [0, 0.05) is 15.6 Å². The van der Waals surface area contributed by atoms with E-state index >= 15 is 0 Å². The van der Waals surface area contributed by atoms with Crippen LogP contribution in [0.3, 0.4) is 0 Å². The number of halogens is 2. The van der Waals surface area contributed by atoms with Crippen LogP contribution in [0.2, 0.25) is 10.0 Å². The highest BCUT2D eigenvalue weighted by molar-refractivity contribution is 6.35. The van der Waals surface area contributed by atoms with Crippen molar-refractivity contribution in [2.75, 3.05) is 7.11 Å². The molecule has 0 radical (unpaired) electrons. The molecule has 0 aromatic heterocycles. The third-order valence-corrected chi connectivity index (χ3v) is 3.17.